The predicted octanol–water partition coefficient (Wildman–Crippen LogP) is 2.41. The molecule has 0 radical (unpaired) electrons. The van der Waals surface area contributed by atoms with Crippen LogP contribution in [0.3, 0.4) is 0 Å². The van der Waals surface area contributed by atoms with Crippen molar-refractivity contribution < 1.29 is 0 Å². The minimum Gasteiger partial charge on any atom is -0.356 e. The highest BCUT2D eigenvalue weighted by Crippen LogP contribution is 2.26. The standard InChI is InChI=1S/C16H29N5/c1-17-16(20-11-13-21-12-10-18-14-21)19-9-5-8-15-6-3-2-4-7-15/h10,12,14-15H,2-9,11,13H2,1H3,(H2,17,19,20). The highest BCUT2D eigenvalue weighted by Gasteiger charge is 2.12. The monoisotopic (exact) mass is 291 g/mol. The second kappa shape index (κ2) is 9.42. The van der Waals surface area contributed by atoms with Gasteiger partial charge in [0.2, 0.25) is 0 Å². The molecule has 1 saturated carbocycles. The van der Waals surface area contributed by atoms with Crippen molar-refractivity contribution in [2.45, 2.75) is 51.5 Å². The van der Waals surface area contributed by atoms with E-state index in [-0.39, 0.29) is 0 Å². The van der Waals surface area contributed by atoms with Crippen LogP contribution in [0.1, 0.15) is 44.9 Å². The predicted molar refractivity (Wildman–Crippen MR) is 87.4 cm³/mol. The normalized spacial score (nSPS) is 16.9. The fourth-order valence-electron chi connectivity index (χ4n) is 3.02. The summed E-state index contributed by atoms with van der Waals surface area (Å²) in [6.07, 6.45) is 15.4. The zero-order chi connectivity index (χ0) is 14.8. The third-order valence-electron chi connectivity index (χ3n) is 4.25. The average Bonchev–Trinajstić information content (AvgIpc) is 3.04. The smallest absolute Gasteiger partial charge is 0.191 e. The number of rotatable bonds is 7. The summed E-state index contributed by atoms with van der Waals surface area (Å²) in [5.74, 6) is 1.87. The largest absolute Gasteiger partial charge is 0.356 e. The Kier molecular flexibility index (Phi) is 7.12. The van der Waals surface area contributed by atoms with Crippen LogP contribution >= 0.6 is 0 Å². The fourth-order valence-corrected chi connectivity index (χ4v) is 3.02. The summed E-state index contributed by atoms with van der Waals surface area (Å²) < 4.78 is 2.06. The van der Waals surface area contributed by atoms with Gasteiger partial charge in [-0.1, -0.05) is 32.1 Å². The van der Waals surface area contributed by atoms with Crippen molar-refractivity contribution in [3.63, 3.8) is 0 Å². The Morgan fingerprint density at radius 1 is 1.24 bits per heavy atom. The van der Waals surface area contributed by atoms with E-state index in [4.69, 9.17) is 0 Å². The zero-order valence-electron chi connectivity index (χ0n) is 13.2. The van der Waals surface area contributed by atoms with Gasteiger partial charge in [0, 0.05) is 39.1 Å². The van der Waals surface area contributed by atoms with Crippen molar-refractivity contribution in [3.8, 4) is 0 Å². The van der Waals surface area contributed by atoms with Gasteiger partial charge in [-0.2, -0.15) is 0 Å². The molecule has 0 aliphatic heterocycles. The van der Waals surface area contributed by atoms with E-state index in [1.165, 1.54) is 44.9 Å². The first-order chi connectivity index (χ1) is 10.4. The SMILES string of the molecule is CN=C(NCCCC1CCCCC1)NCCn1ccnc1. The van der Waals surface area contributed by atoms with Crippen molar-refractivity contribution >= 4 is 5.96 Å². The van der Waals surface area contributed by atoms with Gasteiger partial charge < -0.3 is 15.2 Å². The molecule has 5 nitrogen and oxygen atoms in total. The number of hydrogen-bond acceptors (Lipinski definition) is 2. The minimum atomic E-state index is 0.860. The lowest BCUT2D eigenvalue weighted by atomic mass is 9.86. The molecule has 1 aliphatic carbocycles. The second-order valence-corrected chi connectivity index (χ2v) is 5.87. The quantitative estimate of drug-likeness (QED) is 0.461. The van der Waals surface area contributed by atoms with Crippen LogP contribution in [0.2, 0.25) is 0 Å². The highest BCUT2D eigenvalue weighted by atomic mass is 15.2. The maximum atomic E-state index is 4.26. The molecule has 2 rings (SSSR count). The maximum absolute atomic E-state index is 4.26. The summed E-state index contributed by atoms with van der Waals surface area (Å²) in [6.45, 7) is 2.78. The van der Waals surface area contributed by atoms with Gasteiger partial charge in [0.15, 0.2) is 5.96 Å². The van der Waals surface area contributed by atoms with Gasteiger partial charge in [0.05, 0.1) is 6.33 Å². The van der Waals surface area contributed by atoms with Gasteiger partial charge in [-0.05, 0) is 18.8 Å². The number of nitrogens with one attached hydrogen (secondary N) is 2. The van der Waals surface area contributed by atoms with Gasteiger partial charge in [0.1, 0.15) is 0 Å². The first-order valence-electron chi connectivity index (χ1n) is 8.29. The third kappa shape index (κ3) is 6.19. The molecule has 0 aromatic carbocycles. The first-order valence-corrected chi connectivity index (χ1v) is 8.29. The number of guanidine groups is 1. The molecule has 1 aliphatic rings. The maximum Gasteiger partial charge on any atom is 0.191 e. The summed E-state index contributed by atoms with van der Waals surface area (Å²) >= 11 is 0. The Bertz CT molecular complexity index is 393. The van der Waals surface area contributed by atoms with Crippen LogP contribution in [0.4, 0.5) is 0 Å². The number of aliphatic imine (C=N–C) groups is 1. The van der Waals surface area contributed by atoms with E-state index in [9.17, 15) is 0 Å². The molecular formula is C16H29N5. The molecule has 1 aromatic heterocycles. The van der Waals surface area contributed by atoms with Gasteiger partial charge in [-0.25, -0.2) is 4.98 Å². The molecule has 0 amide bonds. The van der Waals surface area contributed by atoms with Gasteiger partial charge >= 0.3 is 0 Å². The van der Waals surface area contributed by atoms with E-state index in [1.54, 1.807) is 6.20 Å². The summed E-state index contributed by atoms with van der Waals surface area (Å²) in [6, 6.07) is 0. The molecule has 0 atom stereocenters. The number of nitrogens with zero attached hydrogens (tertiary/aromatic N) is 3. The molecule has 21 heavy (non-hydrogen) atoms. The average molecular weight is 291 g/mol. The lowest BCUT2D eigenvalue weighted by molar-refractivity contribution is 0.332. The van der Waals surface area contributed by atoms with Crippen LogP contribution in [-0.2, 0) is 6.54 Å². The lowest BCUT2D eigenvalue weighted by Gasteiger charge is -2.21. The van der Waals surface area contributed by atoms with E-state index in [1.807, 2.05) is 19.6 Å². The van der Waals surface area contributed by atoms with Gasteiger partial charge in [0.25, 0.3) is 0 Å². The van der Waals surface area contributed by atoms with Crippen molar-refractivity contribution in [2.75, 3.05) is 20.1 Å². The molecule has 2 N–H and O–H groups in total. The Morgan fingerprint density at radius 3 is 2.76 bits per heavy atom. The Labute approximate surface area is 128 Å². The summed E-state index contributed by atoms with van der Waals surface area (Å²) in [4.78, 5) is 8.30. The first kappa shape index (κ1) is 15.9. The van der Waals surface area contributed by atoms with Crippen molar-refractivity contribution in [2.24, 2.45) is 10.9 Å². The summed E-state index contributed by atoms with van der Waals surface area (Å²) in [7, 11) is 1.83. The third-order valence-corrected chi connectivity index (χ3v) is 4.25. The van der Waals surface area contributed by atoms with Gasteiger partial charge in [-0.3, -0.25) is 4.99 Å². The number of imidazole rings is 1. The van der Waals surface area contributed by atoms with Gasteiger partial charge in [-0.15, -0.1) is 0 Å². The van der Waals surface area contributed by atoms with Crippen molar-refractivity contribution in [1.29, 1.82) is 0 Å². The molecule has 1 fully saturated rings. The zero-order valence-corrected chi connectivity index (χ0v) is 13.2. The molecule has 5 heteroatoms. The Hall–Kier alpha value is -1.52. The van der Waals surface area contributed by atoms with Crippen LogP contribution in [0.5, 0.6) is 0 Å². The Morgan fingerprint density at radius 2 is 2.05 bits per heavy atom. The van der Waals surface area contributed by atoms with Crippen LogP contribution < -0.4 is 10.6 Å². The molecule has 0 bridgehead atoms. The molecule has 0 unspecified atom stereocenters. The van der Waals surface area contributed by atoms with E-state index in [0.717, 1.165) is 31.5 Å². The van der Waals surface area contributed by atoms with Crippen LogP contribution in [0.25, 0.3) is 0 Å². The van der Waals surface area contributed by atoms with E-state index < -0.39 is 0 Å². The van der Waals surface area contributed by atoms with Crippen molar-refractivity contribution in [3.05, 3.63) is 18.7 Å². The van der Waals surface area contributed by atoms with E-state index in [2.05, 4.69) is 25.2 Å². The lowest BCUT2D eigenvalue weighted by Crippen LogP contribution is -2.39. The molecule has 0 saturated heterocycles. The second-order valence-electron chi connectivity index (χ2n) is 5.87. The minimum absolute atomic E-state index is 0.860. The number of aromatic nitrogens is 2. The summed E-state index contributed by atoms with van der Waals surface area (Å²) in [5.41, 5.74) is 0. The van der Waals surface area contributed by atoms with Crippen LogP contribution in [0.15, 0.2) is 23.7 Å². The summed E-state index contributed by atoms with van der Waals surface area (Å²) in [5, 5.41) is 6.74. The molecule has 1 heterocycles. The number of hydrogen-bond donors (Lipinski definition) is 2. The van der Waals surface area contributed by atoms with Crippen molar-refractivity contribution in [1.82, 2.24) is 20.2 Å². The molecular weight excluding hydrogens is 262 g/mol. The van der Waals surface area contributed by atoms with Crippen LogP contribution in [0, 0.1) is 5.92 Å². The van der Waals surface area contributed by atoms with Crippen LogP contribution in [-0.4, -0.2) is 35.6 Å². The fraction of sp³-hybridized carbons (Fsp3) is 0.750. The van der Waals surface area contributed by atoms with E-state index in [0.29, 0.717) is 0 Å². The topological polar surface area (TPSA) is 54.2 Å². The molecule has 1 aromatic rings. The highest BCUT2D eigenvalue weighted by molar-refractivity contribution is 5.79. The molecule has 118 valence electrons. The Balaban J connectivity index is 1.53. The molecule has 0 spiro atoms. The van der Waals surface area contributed by atoms with E-state index >= 15 is 0 Å².